The molecule has 10 aromatic rings. The van der Waals surface area contributed by atoms with Gasteiger partial charge in [0.25, 0.3) is 0 Å². The molecule has 0 amide bonds. The Morgan fingerprint density at radius 2 is 1.24 bits per heavy atom. The third-order valence-corrected chi connectivity index (χ3v) is 10.7. The number of fused-ring (bicyclic) bond motifs is 13. The van der Waals surface area contributed by atoms with Crippen LogP contribution in [0.25, 0.3) is 94.0 Å². The van der Waals surface area contributed by atoms with Crippen LogP contribution in [-0.4, -0.2) is 14.0 Å². The van der Waals surface area contributed by atoms with Crippen LogP contribution in [0, 0.1) is 0 Å². The van der Waals surface area contributed by atoms with Gasteiger partial charge in [-0.2, -0.15) is 0 Å². The summed E-state index contributed by atoms with van der Waals surface area (Å²) < 4.78 is 4.88. The molecular weight excluding hydrogens is 607 g/mol. The maximum Gasteiger partial charge on any atom is 0.146 e. The molecule has 3 nitrogen and oxygen atoms in total. The van der Waals surface area contributed by atoms with Crippen molar-refractivity contribution in [2.75, 3.05) is 0 Å². The molecule has 234 valence electrons. The summed E-state index contributed by atoms with van der Waals surface area (Å²) in [7, 11) is 0. The van der Waals surface area contributed by atoms with Crippen molar-refractivity contribution < 1.29 is 0 Å². The van der Waals surface area contributed by atoms with Gasteiger partial charge in [0.05, 0.1) is 22.1 Å². The summed E-state index contributed by atoms with van der Waals surface area (Å²) in [6.07, 6.45) is 6.76. The zero-order valence-electron chi connectivity index (χ0n) is 27.3. The highest BCUT2D eigenvalue weighted by atomic mass is 15.0. The number of pyridine rings is 1. The third-order valence-electron chi connectivity index (χ3n) is 10.7. The van der Waals surface area contributed by atoms with Gasteiger partial charge in [-0.3, -0.25) is 4.40 Å². The maximum absolute atomic E-state index is 5.23. The average Bonchev–Trinajstić information content (AvgIpc) is 3.75. The lowest BCUT2D eigenvalue weighted by atomic mass is 9.93. The van der Waals surface area contributed by atoms with Crippen molar-refractivity contribution in [2.24, 2.45) is 0 Å². The predicted molar refractivity (Wildman–Crippen MR) is 210 cm³/mol. The number of hydrogen-bond acceptors (Lipinski definition) is 1. The number of para-hydroxylation sites is 2. The number of nitrogens with zero attached hydrogens (tertiary/aromatic N) is 3. The maximum atomic E-state index is 5.23. The molecule has 1 aliphatic rings. The molecule has 0 bridgehead atoms. The van der Waals surface area contributed by atoms with Crippen molar-refractivity contribution in [3.05, 3.63) is 169 Å². The predicted octanol–water partition coefficient (Wildman–Crippen LogP) is 12.2. The standard InChI is InChI=1S/C47H31N3/c1-3-13-30(14-4-1)32-23-25-36-40-28-33(24-26-38(40)47-48-42-20-10-12-22-44(42)50(47)45(36)27-32)49-43-21-11-9-18-35(43)41-29-39(31-15-5-2-6-16-31)34-17-7-8-19-37(34)46(41)49/h1-8,10-17,19-29H,9,18H2. The van der Waals surface area contributed by atoms with Crippen LogP contribution < -0.4 is 0 Å². The van der Waals surface area contributed by atoms with Gasteiger partial charge in [-0.25, -0.2) is 4.98 Å². The van der Waals surface area contributed by atoms with E-state index >= 15 is 0 Å². The van der Waals surface area contributed by atoms with Crippen LogP contribution in [0.2, 0.25) is 0 Å². The van der Waals surface area contributed by atoms with Gasteiger partial charge in [-0.15, -0.1) is 0 Å². The van der Waals surface area contributed by atoms with Gasteiger partial charge in [-0.05, 0) is 100.0 Å². The Kier molecular flexibility index (Phi) is 5.79. The number of aryl methyl sites for hydroxylation is 1. The molecule has 50 heavy (non-hydrogen) atoms. The van der Waals surface area contributed by atoms with Gasteiger partial charge in [0.15, 0.2) is 0 Å². The lowest BCUT2D eigenvalue weighted by Gasteiger charge is -2.16. The topological polar surface area (TPSA) is 22.2 Å². The molecule has 0 radical (unpaired) electrons. The third kappa shape index (κ3) is 3.89. The lowest BCUT2D eigenvalue weighted by molar-refractivity contribution is 0.968. The summed E-state index contributed by atoms with van der Waals surface area (Å²) in [5.41, 5.74) is 14.4. The number of allylic oxidation sites excluding steroid dienone is 1. The van der Waals surface area contributed by atoms with Crippen LogP contribution in [0.3, 0.4) is 0 Å². The first kappa shape index (κ1) is 27.5. The van der Waals surface area contributed by atoms with Crippen LogP contribution >= 0.6 is 0 Å². The Bertz CT molecular complexity index is 3020. The summed E-state index contributed by atoms with van der Waals surface area (Å²) in [5, 5.41) is 7.47. The van der Waals surface area contributed by atoms with Crippen LogP contribution in [0.4, 0.5) is 0 Å². The molecule has 0 N–H and O–H groups in total. The van der Waals surface area contributed by atoms with Crippen molar-refractivity contribution in [1.29, 1.82) is 0 Å². The molecule has 0 fully saturated rings. The van der Waals surface area contributed by atoms with Gasteiger partial charge in [-0.1, -0.05) is 115 Å². The second-order valence-electron chi connectivity index (χ2n) is 13.5. The molecular formula is C47H31N3. The van der Waals surface area contributed by atoms with Gasteiger partial charge in [0, 0.05) is 32.9 Å². The van der Waals surface area contributed by atoms with E-state index in [-0.39, 0.29) is 0 Å². The molecule has 0 spiro atoms. The molecule has 1 aliphatic carbocycles. The van der Waals surface area contributed by atoms with Crippen molar-refractivity contribution in [2.45, 2.75) is 12.8 Å². The monoisotopic (exact) mass is 637 g/mol. The Morgan fingerprint density at radius 1 is 0.500 bits per heavy atom. The number of aromatic nitrogens is 3. The normalized spacial score (nSPS) is 13.0. The highest BCUT2D eigenvalue weighted by Crippen LogP contribution is 2.43. The van der Waals surface area contributed by atoms with E-state index in [9.17, 15) is 0 Å². The highest BCUT2D eigenvalue weighted by Gasteiger charge is 2.23. The minimum absolute atomic E-state index is 0.989. The average molecular weight is 638 g/mol. The number of benzene rings is 7. The molecule has 3 heterocycles. The van der Waals surface area contributed by atoms with E-state index in [2.05, 4.69) is 173 Å². The molecule has 3 aromatic heterocycles. The molecule has 0 saturated heterocycles. The van der Waals surface area contributed by atoms with Crippen LogP contribution in [-0.2, 0) is 6.42 Å². The van der Waals surface area contributed by atoms with Gasteiger partial charge < -0.3 is 4.57 Å². The van der Waals surface area contributed by atoms with Crippen LogP contribution in [0.15, 0.2) is 158 Å². The SMILES string of the molecule is C1=Cc2c(c3cc(-c4ccccc4)c4ccccc4c3n2-c2ccc3c(c2)c2ccc(-c4ccccc4)cc2n2c4ccccc4nc32)CC1. The largest absolute Gasteiger partial charge is 0.309 e. The van der Waals surface area contributed by atoms with Crippen LogP contribution in [0.1, 0.15) is 17.7 Å². The zero-order valence-corrected chi connectivity index (χ0v) is 27.3. The van der Waals surface area contributed by atoms with Gasteiger partial charge in [0.1, 0.15) is 5.65 Å². The first-order valence-corrected chi connectivity index (χ1v) is 17.5. The van der Waals surface area contributed by atoms with E-state index < -0.39 is 0 Å². The molecule has 3 heteroatoms. The Labute approximate surface area is 289 Å². The summed E-state index contributed by atoms with van der Waals surface area (Å²) in [6.45, 7) is 0. The first-order valence-electron chi connectivity index (χ1n) is 17.5. The van der Waals surface area contributed by atoms with E-state index in [1.165, 1.54) is 71.6 Å². The summed E-state index contributed by atoms with van der Waals surface area (Å²) >= 11 is 0. The Balaban J connectivity index is 1.25. The van der Waals surface area contributed by atoms with E-state index in [1.54, 1.807) is 0 Å². The minimum atomic E-state index is 0.989. The van der Waals surface area contributed by atoms with E-state index in [0.29, 0.717) is 0 Å². The summed E-state index contributed by atoms with van der Waals surface area (Å²) in [6, 6.07) is 55.3. The smallest absolute Gasteiger partial charge is 0.146 e. The highest BCUT2D eigenvalue weighted by molar-refractivity contribution is 6.17. The van der Waals surface area contributed by atoms with Crippen LogP contribution in [0.5, 0.6) is 0 Å². The summed E-state index contributed by atoms with van der Waals surface area (Å²) in [4.78, 5) is 5.23. The second kappa shape index (κ2) is 10.5. The van der Waals surface area contributed by atoms with Crippen molar-refractivity contribution in [3.63, 3.8) is 0 Å². The van der Waals surface area contributed by atoms with Crippen molar-refractivity contribution in [1.82, 2.24) is 14.0 Å². The molecule has 0 unspecified atom stereocenters. The number of rotatable bonds is 3. The Hall–Kier alpha value is -6.45. The van der Waals surface area contributed by atoms with Crippen molar-refractivity contribution >= 4 is 66.1 Å². The first-order chi connectivity index (χ1) is 24.8. The van der Waals surface area contributed by atoms with Gasteiger partial charge in [0.2, 0.25) is 0 Å². The fourth-order valence-electron chi connectivity index (χ4n) is 8.50. The van der Waals surface area contributed by atoms with E-state index in [4.69, 9.17) is 4.98 Å². The number of imidazole rings is 1. The van der Waals surface area contributed by atoms with Gasteiger partial charge >= 0.3 is 0 Å². The zero-order chi connectivity index (χ0) is 32.8. The molecule has 0 atom stereocenters. The van der Waals surface area contributed by atoms with E-state index in [0.717, 1.165) is 40.4 Å². The Morgan fingerprint density at radius 3 is 2.10 bits per heavy atom. The number of hydrogen-bond donors (Lipinski definition) is 0. The van der Waals surface area contributed by atoms with E-state index in [1.807, 2.05) is 0 Å². The second-order valence-corrected chi connectivity index (χ2v) is 13.5. The molecule has 0 saturated carbocycles. The molecule has 0 aliphatic heterocycles. The lowest BCUT2D eigenvalue weighted by Crippen LogP contribution is -2.01. The summed E-state index contributed by atoms with van der Waals surface area (Å²) in [5.74, 6) is 0. The quantitative estimate of drug-likeness (QED) is 0.177. The minimum Gasteiger partial charge on any atom is -0.309 e. The molecule has 7 aromatic carbocycles. The fraction of sp³-hybridized carbons (Fsp3) is 0.0426. The fourth-order valence-corrected chi connectivity index (χ4v) is 8.50. The van der Waals surface area contributed by atoms with Crippen molar-refractivity contribution in [3.8, 4) is 27.9 Å². The molecule has 11 rings (SSSR count).